The van der Waals surface area contributed by atoms with Crippen LogP contribution >= 0.6 is 0 Å². The quantitative estimate of drug-likeness (QED) is 0.509. The van der Waals surface area contributed by atoms with E-state index in [2.05, 4.69) is 25.5 Å². The zero-order valence-electron chi connectivity index (χ0n) is 18.2. The summed E-state index contributed by atoms with van der Waals surface area (Å²) in [5.41, 5.74) is 1.96. The number of carbonyl (C=O) groups is 1. The Hall–Kier alpha value is -3.30. The van der Waals surface area contributed by atoms with Crippen molar-refractivity contribution in [1.82, 2.24) is 20.2 Å². The van der Waals surface area contributed by atoms with Gasteiger partial charge in [-0.2, -0.15) is 0 Å². The Morgan fingerprint density at radius 1 is 1.21 bits per heavy atom. The molecule has 0 aliphatic carbocycles. The van der Waals surface area contributed by atoms with Crippen molar-refractivity contribution >= 4 is 22.6 Å². The maximum atomic E-state index is 13.4. The average molecular weight is 452 g/mol. The number of aromatic amines is 1. The highest BCUT2D eigenvalue weighted by Crippen LogP contribution is 2.25. The van der Waals surface area contributed by atoms with Crippen molar-refractivity contribution in [2.45, 2.75) is 19.4 Å². The first kappa shape index (κ1) is 21.5. The number of halogens is 1. The minimum atomic E-state index is -0.356. The number of carbonyl (C=O) groups excluding carboxylic acids is 1. The molecule has 0 spiro atoms. The molecule has 5 rings (SSSR count). The Morgan fingerprint density at radius 3 is 3.03 bits per heavy atom. The molecular weight excluding hydrogens is 425 g/mol. The SMILES string of the molecule is O=C1COc2ccc(CNC[C@@H]3CCN(CCc4cc5ccc(F)cc5[nH]c4=O)C3)nc2N1. The van der Waals surface area contributed by atoms with Crippen molar-refractivity contribution in [3.05, 3.63) is 63.8 Å². The Morgan fingerprint density at radius 2 is 2.12 bits per heavy atom. The number of ether oxygens (including phenoxy) is 1. The fourth-order valence-corrected chi connectivity index (χ4v) is 4.47. The lowest BCUT2D eigenvalue weighted by Gasteiger charge is -2.18. The van der Waals surface area contributed by atoms with Crippen LogP contribution in [0.15, 0.2) is 41.2 Å². The first-order valence-electron chi connectivity index (χ1n) is 11.2. The summed E-state index contributed by atoms with van der Waals surface area (Å²) < 4.78 is 18.7. The third-order valence-electron chi connectivity index (χ3n) is 6.22. The number of likely N-dealkylation sites (tertiary alicyclic amines) is 1. The third-order valence-corrected chi connectivity index (χ3v) is 6.22. The number of fused-ring (bicyclic) bond motifs is 2. The van der Waals surface area contributed by atoms with Gasteiger partial charge in [-0.3, -0.25) is 9.59 Å². The molecule has 172 valence electrons. The summed E-state index contributed by atoms with van der Waals surface area (Å²) in [7, 11) is 0. The van der Waals surface area contributed by atoms with Gasteiger partial charge in [-0.15, -0.1) is 0 Å². The number of benzene rings is 1. The van der Waals surface area contributed by atoms with Crippen molar-refractivity contribution in [2.24, 2.45) is 5.92 Å². The van der Waals surface area contributed by atoms with Gasteiger partial charge in [0.05, 0.1) is 11.2 Å². The number of rotatable bonds is 7. The van der Waals surface area contributed by atoms with Crippen LogP contribution in [0.5, 0.6) is 5.75 Å². The fourth-order valence-electron chi connectivity index (χ4n) is 4.47. The highest BCUT2D eigenvalue weighted by molar-refractivity contribution is 5.94. The van der Waals surface area contributed by atoms with Crippen LogP contribution in [-0.2, 0) is 17.8 Å². The second-order valence-electron chi connectivity index (χ2n) is 8.68. The van der Waals surface area contributed by atoms with Crippen molar-refractivity contribution in [2.75, 3.05) is 38.1 Å². The van der Waals surface area contributed by atoms with E-state index < -0.39 is 0 Å². The zero-order chi connectivity index (χ0) is 22.8. The molecule has 2 aromatic heterocycles. The van der Waals surface area contributed by atoms with Crippen molar-refractivity contribution in [1.29, 1.82) is 0 Å². The molecule has 1 saturated heterocycles. The molecule has 33 heavy (non-hydrogen) atoms. The van der Waals surface area contributed by atoms with Crippen LogP contribution in [0.2, 0.25) is 0 Å². The van der Waals surface area contributed by atoms with Crippen LogP contribution in [0.1, 0.15) is 17.7 Å². The first-order chi connectivity index (χ1) is 16.0. The molecule has 1 amide bonds. The number of nitrogens with one attached hydrogen (secondary N) is 3. The van der Waals surface area contributed by atoms with E-state index in [1.807, 2.05) is 18.2 Å². The van der Waals surface area contributed by atoms with E-state index in [1.54, 1.807) is 6.07 Å². The molecule has 3 aromatic rings. The maximum Gasteiger partial charge on any atom is 0.263 e. The summed E-state index contributed by atoms with van der Waals surface area (Å²) in [5.74, 6) is 1.06. The monoisotopic (exact) mass is 451 g/mol. The third kappa shape index (κ3) is 5.04. The van der Waals surface area contributed by atoms with E-state index in [9.17, 15) is 14.0 Å². The minimum absolute atomic E-state index is 0.0275. The standard InChI is InChI=1S/C24H26FN5O3/c25-18-2-1-16-9-17(24(32)28-20(16)10-18)6-8-30-7-5-15(13-30)11-26-12-19-3-4-21-23(27-19)29-22(31)14-33-21/h1-4,9-10,15,26H,5-8,11-14H2,(H,28,32)(H,27,29,31)/t15-/m0/s1. The van der Waals surface area contributed by atoms with Gasteiger partial charge in [-0.05, 0) is 73.6 Å². The maximum absolute atomic E-state index is 13.4. The Balaban J connectivity index is 1.09. The van der Waals surface area contributed by atoms with E-state index in [1.165, 1.54) is 12.1 Å². The predicted molar refractivity (Wildman–Crippen MR) is 123 cm³/mol. The van der Waals surface area contributed by atoms with E-state index in [-0.39, 0.29) is 23.9 Å². The summed E-state index contributed by atoms with van der Waals surface area (Å²) in [4.78, 5) is 33.4. The summed E-state index contributed by atoms with van der Waals surface area (Å²) in [6.07, 6.45) is 1.76. The summed E-state index contributed by atoms with van der Waals surface area (Å²) >= 11 is 0. The number of aromatic nitrogens is 2. The molecule has 1 atom stereocenters. The number of amides is 1. The van der Waals surface area contributed by atoms with Gasteiger partial charge < -0.3 is 25.3 Å². The van der Waals surface area contributed by atoms with Crippen LogP contribution in [0, 0.1) is 11.7 Å². The molecule has 8 nitrogen and oxygen atoms in total. The van der Waals surface area contributed by atoms with Crippen LogP contribution in [0.4, 0.5) is 10.2 Å². The van der Waals surface area contributed by atoms with Gasteiger partial charge in [-0.1, -0.05) is 0 Å². The molecule has 0 unspecified atom stereocenters. The fraction of sp³-hybridized carbons (Fsp3) is 0.375. The van der Waals surface area contributed by atoms with Crippen LogP contribution in [-0.4, -0.2) is 53.6 Å². The smallest absolute Gasteiger partial charge is 0.263 e. The minimum Gasteiger partial charge on any atom is -0.480 e. The van der Waals surface area contributed by atoms with E-state index in [4.69, 9.17) is 4.74 Å². The lowest BCUT2D eigenvalue weighted by atomic mass is 10.1. The van der Waals surface area contributed by atoms with Gasteiger partial charge in [0.25, 0.3) is 11.5 Å². The second kappa shape index (κ2) is 9.29. The molecule has 2 aliphatic heterocycles. The predicted octanol–water partition coefficient (Wildman–Crippen LogP) is 2.05. The van der Waals surface area contributed by atoms with Gasteiger partial charge in [0.2, 0.25) is 0 Å². The van der Waals surface area contributed by atoms with Crippen LogP contribution in [0.3, 0.4) is 0 Å². The molecule has 2 aliphatic rings. The highest BCUT2D eigenvalue weighted by Gasteiger charge is 2.22. The molecule has 0 radical (unpaired) electrons. The van der Waals surface area contributed by atoms with Gasteiger partial charge >= 0.3 is 0 Å². The number of hydrogen-bond donors (Lipinski definition) is 3. The molecule has 9 heteroatoms. The highest BCUT2D eigenvalue weighted by atomic mass is 19.1. The van der Waals surface area contributed by atoms with Gasteiger partial charge in [0.15, 0.2) is 18.2 Å². The second-order valence-corrected chi connectivity index (χ2v) is 8.68. The number of pyridine rings is 2. The normalized spacial score (nSPS) is 18.2. The number of H-pyrrole nitrogens is 1. The molecule has 0 saturated carbocycles. The summed E-state index contributed by atoms with van der Waals surface area (Å²) in [6.45, 7) is 4.32. The van der Waals surface area contributed by atoms with Crippen molar-refractivity contribution in [3.8, 4) is 5.75 Å². The Labute approximate surface area is 190 Å². The molecule has 0 bridgehead atoms. The average Bonchev–Trinajstić information content (AvgIpc) is 3.25. The Kier molecular flexibility index (Phi) is 6.06. The van der Waals surface area contributed by atoms with Crippen LogP contribution < -0.4 is 20.9 Å². The molecule has 3 N–H and O–H groups in total. The Bertz CT molecular complexity index is 1240. The number of anilines is 1. The molecular formula is C24H26FN5O3. The van der Waals surface area contributed by atoms with E-state index in [0.717, 1.165) is 49.2 Å². The lowest BCUT2D eigenvalue weighted by Crippen LogP contribution is -2.29. The van der Waals surface area contributed by atoms with E-state index >= 15 is 0 Å². The number of nitrogens with zero attached hydrogens (tertiary/aromatic N) is 2. The molecule has 1 fully saturated rings. The zero-order valence-corrected chi connectivity index (χ0v) is 18.2. The first-order valence-corrected chi connectivity index (χ1v) is 11.2. The lowest BCUT2D eigenvalue weighted by molar-refractivity contribution is -0.118. The summed E-state index contributed by atoms with van der Waals surface area (Å²) in [6, 6.07) is 10.1. The van der Waals surface area contributed by atoms with Crippen LogP contribution in [0.25, 0.3) is 10.9 Å². The van der Waals surface area contributed by atoms with Gasteiger partial charge in [0.1, 0.15) is 5.82 Å². The van der Waals surface area contributed by atoms with Gasteiger partial charge in [-0.25, -0.2) is 9.37 Å². The number of hydrogen-bond acceptors (Lipinski definition) is 6. The topological polar surface area (TPSA) is 99.4 Å². The molecule has 4 heterocycles. The van der Waals surface area contributed by atoms with E-state index in [0.29, 0.717) is 36.0 Å². The van der Waals surface area contributed by atoms with Crippen molar-refractivity contribution < 1.29 is 13.9 Å². The largest absolute Gasteiger partial charge is 0.480 e. The summed E-state index contributed by atoms with van der Waals surface area (Å²) in [5, 5.41) is 7.04. The van der Waals surface area contributed by atoms with Gasteiger partial charge in [0, 0.05) is 25.2 Å². The molecule has 1 aromatic carbocycles. The van der Waals surface area contributed by atoms with Crippen molar-refractivity contribution in [3.63, 3.8) is 0 Å².